The van der Waals surface area contributed by atoms with Gasteiger partial charge in [-0.3, -0.25) is 0 Å². The molecule has 9 heteroatoms. The highest BCUT2D eigenvalue weighted by molar-refractivity contribution is 7.98. The van der Waals surface area contributed by atoms with Crippen LogP contribution in [0, 0.1) is 0 Å². The molecule has 0 aliphatic rings. The van der Waals surface area contributed by atoms with Crippen LogP contribution in [0.2, 0.25) is 0 Å². The van der Waals surface area contributed by atoms with Crippen molar-refractivity contribution in [3.8, 4) is 5.75 Å². The van der Waals surface area contributed by atoms with Gasteiger partial charge in [-0.25, -0.2) is 4.68 Å². The molecule has 1 aromatic carbocycles. The predicted molar refractivity (Wildman–Crippen MR) is 75.5 cm³/mol. The van der Waals surface area contributed by atoms with Gasteiger partial charge in [0, 0.05) is 5.75 Å². The zero-order valence-corrected chi connectivity index (χ0v) is 13.1. The van der Waals surface area contributed by atoms with Crippen LogP contribution in [0.15, 0.2) is 29.4 Å². The maximum Gasteiger partial charge on any atom is 0.573 e. The first kappa shape index (κ1) is 16.6. The van der Waals surface area contributed by atoms with Crippen molar-refractivity contribution in [2.45, 2.75) is 43.6 Å². The Labute approximate surface area is 129 Å². The van der Waals surface area contributed by atoms with Gasteiger partial charge in [0.25, 0.3) is 0 Å². The number of aromatic nitrogens is 4. The standard InChI is InChI=1S/C13H15F3N4OS/c1-12(2,3)20-11(17-18-19-20)22-8-9-4-6-10(7-5-9)21-13(14,15)16/h4-7H,8H2,1-3H3. The fourth-order valence-electron chi connectivity index (χ4n) is 1.63. The number of ether oxygens (including phenoxy) is 1. The number of nitrogens with zero attached hydrogens (tertiary/aromatic N) is 4. The molecule has 0 fully saturated rings. The van der Waals surface area contributed by atoms with Gasteiger partial charge >= 0.3 is 6.36 Å². The third-order valence-corrected chi connectivity index (χ3v) is 3.59. The van der Waals surface area contributed by atoms with Crippen LogP contribution in [0.5, 0.6) is 5.75 Å². The summed E-state index contributed by atoms with van der Waals surface area (Å²) in [6.45, 7) is 5.95. The summed E-state index contributed by atoms with van der Waals surface area (Å²) in [5, 5.41) is 12.2. The SMILES string of the molecule is CC(C)(C)n1nnnc1SCc1ccc(OC(F)(F)F)cc1. The fourth-order valence-corrected chi connectivity index (χ4v) is 2.64. The van der Waals surface area contributed by atoms with Crippen LogP contribution >= 0.6 is 11.8 Å². The van der Waals surface area contributed by atoms with Gasteiger partial charge in [0.1, 0.15) is 5.75 Å². The van der Waals surface area contributed by atoms with E-state index in [1.165, 1.54) is 23.9 Å². The molecule has 0 bridgehead atoms. The van der Waals surface area contributed by atoms with E-state index in [-0.39, 0.29) is 11.3 Å². The summed E-state index contributed by atoms with van der Waals surface area (Å²) in [5.41, 5.74) is 0.610. The molecule has 0 amide bonds. The second kappa shape index (κ2) is 6.15. The first-order chi connectivity index (χ1) is 10.1. The van der Waals surface area contributed by atoms with E-state index >= 15 is 0 Å². The van der Waals surface area contributed by atoms with Crippen LogP contribution < -0.4 is 4.74 Å². The third kappa shape index (κ3) is 4.62. The number of thioether (sulfide) groups is 1. The van der Waals surface area contributed by atoms with Crippen LogP contribution in [-0.2, 0) is 11.3 Å². The highest BCUT2D eigenvalue weighted by Crippen LogP contribution is 2.27. The van der Waals surface area contributed by atoms with Crippen molar-refractivity contribution in [1.82, 2.24) is 20.2 Å². The predicted octanol–water partition coefficient (Wildman–Crippen LogP) is 3.62. The van der Waals surface area contributed by atoms with Gasteiger partial charge in [-0.2, -0.15) is 0 Å². The summed E-state index contributed by atoms with van der Waals surface area (Å²) in [4.78, 5) is 0. The van der Waals surface area contributed by atoms with Crippen LogP contribution in [0.25, 0.3) is 0 Å². The average Bonchev–Trinajstić information content (AvgIpc) is 2.84. The largest absolute Gasteiger partial charge is 0.573 e. The highest BCUT2D eigenvalue weighted by Gasteiger charge is 2.30. The first-order valence-electron chi connectivity index (χ1n) is 6.41. The van der Waals surface area contributed by atoms with Crippen LogP contribution in [0.4, 0.5) is 13.2 Å². The number of halogens is 3. The molecule has 1 aromatic heterocycles. The molecule has 2 aromatic rings. The molecule has 0 aliphatic carbocycles. The second-order valence-electron chi connectivity index (χ2n) is 5.52. The molecule has 0 atom stereocenters. The fraction of sp³-hybridized carbons (Fsp3) is 0.462. The van der Waals surface area contributed by atoms with E-state index in [0.717, 1.165) is 5.56 Å². The topological polar surface area (TPSA) is 52.8 Å². The Kier molecular flexibility index (Phi) is 4.64. The molecule has 1 heterocycles. The van der Waals surface area contributed by atoms with Crippen molar-refractivity contribution < 1.29 is 17.9 Å². The summed E-state index contributed by atoms with van der Waals surface area (Å²) >= 11 is 1.42. The number of hydrogen-bond acceptors (Lipinski definition) is 5. The van der Waals surface area contributed by atoms with E-state index < -0.39 is 6.36 Å². The van der Waals surface area contributed by atoms with Gasteiger partial charge in [-0.05, 0) is 48.9 Å². The molecular weight excluding hydrogens is 317 g/mol. The Hall–Kier alpha value is -1.77. The molecular formula is C13H15F3N4OS. The van der Waals surface area contributed by atoms with Crippen molar-refractivity contribution in [1.29, 1.82) is 0 Å². The molecule has 2 rings (SSSR count). The van der Waals surface area contributed by atoms with Crippen molar-refractivity contribution >= 4 is 11.8 Å². The lowest BCUT2D eigenvalue weighted by atomic mass is 10.1. The van der Waals surface area contributed by atoms with Gasteiger partial charge < -0.3 is 4.74 Å². The number of alkyl halides is 3. The first-order valence-corrected chi connectivity index (χ1v) is 7.40. The molecule has 120 valence electrons. The van der Waals surface area contributed by atoms with Gasteiger partial charge in [-0.15, -0.1) is 18.3 Å². The minimum Gasteiger partial charge on any atom is -0.406 e. The third-order valence-electron chi connectivity index (χ3n) is 2.60. The summed E-state index contributed by atoms with van der Waals surface area (Å²) in [6.07, 6.45) is -4.68. The van der Waals surface area contributed by atoms with E-state index in [2.05, 4.69) is 20.3 Å². The molecule has 0 unspecified atom stereocenters. The van der Waals surface area contributed by atoms with Crippen LogP contribution in [-0.4, -0.2) is 26.6 Å². The summed E-state index contributed by atoms with van der Waals surface area (Å²) in [6, 6.07) is 5.74. The van der Waals surface area contributed by atoms with E-state index in [0.29, 0.717) is 10.9 Å². The smallest absolute Gasteiger partial charge is 0.406 e. The van der Waals surface area contributed by atoms with Gasteiger partial charge in [-0.1, -0.05) is 23.9 Å². The molecule has 0 radical (unpaired) electrons. The number of rotatable bonds is 4. The lowest BCUT2D eigenvalue weighted by Gasteiger charge is -2.19. The van der Waals surface area contributed by atoms with Crippen LogP contribution in [0.1, 0.15) is 26.3 Å². The van der Waals surface area contributed by atoms with Crippen LogP contribution in [0.3, 0.4) is 0 Å². The van der Waals surface area contributed by atoms with Crippen molar-refractivity contribution in [2.75, 3.05) is 0 Å². The molecule has 0 aliphatic heterocycles. The minimum atomic E-state index is -4.68. The Morgan fingerprint density at radius 3 is 2.32 bits per heavy atom. The zero-order chi connectivity index (χ0) is 16.4. The van der Waals surface area contributed by atoms with Crippen molar-refractivity contribution in [3.63, 3.8) is 0 Å². The zero-order valence-electron chi connectivity index (χ0n) is 12.3. The molecule has 0 saturated heterocycles. The molecule has 5 nitrogen and oxygen atoms in total. The number of tetrazole rings is 1. The maximum atomic E-state index is 12.1. The lowest BCUT2D eigenvalue weighted by molar-refractivity contribution is -0.274. The van der Waals surface area contributed by atoms with E-state index in [4.69, 9.17) is 0 Å². The summed E-state index contributed by atoms with van der Waals surface area (Å²) in [5.74, 6) is 0.309. The van der Waals surface area contributed by atoms with Gasteiger partial charge in [0.2, 0.25) is 5.16 Å². The van der Waals surface area contributed by atoms with E-state index in [1.807, 2.05) is 20.8 Å². The Morgan fingerprint density at radius 2 is 1.77 bits per heavy atom. The van der Waals surface area contributed by atoms with E-state index in [9.17, 15) is 13.2 Å². The monoisotopic (exact) mass is 332 g/mol. The van der Waals surface area contributed by atoms with Gasteiger partial charge in [0.05, 0.1) is 5.54 Å². The Balaban J connectivity index is 2.00. The van der Waals surface area contributed by atoms with Crippen molar-refractivity contribution in [2.24, 2.45) is 0 Å². The number of benzene rings is 1. The Bertz CT molecular complexity index is 619. The van der Waals surface area contributed by atoms with E-state index in [1.54, 1.807) is 16.8 Å². The average molecular weight is 332 g/mol. The Morgan fingerprint density at radius 1 is 1.14 bits per heavy atom. The summed E-state index contributed by atoms with van der Waals surface area (Å²) in [7, 11) is 0. The molecule has 0 N–H and O–H groups in total. The quantitative estimate of drug-likeness (QED) is 0.801. The molecule has 0 spiro atoms. The maximum absolute atomic E-state index is 12.1. The van der Waals surface area contributed by atoms with Gasteiger partial charge in [0.15, 0.2) is 0 Å². The second-order valence-corrected chi connectivity index (χ2v) is 6.47. The highest BCUT2D eigenvalue weighted by atomic mass is 32.2. The number of hydrogen-bond donors (Lipinski definition) is 0. The summed E-state index contributed by atoms with van der Waals surface area (Å²) < 4.78 is 41.8. The molecule has 0 saturated carbocycles. The normalized spacial score (nSPS) is 12.5. The minimum absolute atomic E-state index is 0.235. The lowest BCUT2D eigenvalue weighted by Crippen LogP contribution is -2.24. The van der Waals surface area contributed by atoms with Crippen molar-refractivity contribution in [3.05, 3.63) is 29.8 Å². The molecule has 22 heavy (non-hydrogen) atoms.